The average molecular weight is 500 g/mol. The number of rotatable bonds is 5. The van der Waals surface area contributed by atoms with Crippen LogP contribution >= 0.6 is 0 Å². The van der Waals surface area contributed by atoms with Crippen molar-refractivity contribution in [1.29, 1.82) is 0 Å². The van der Waals surface area contributed by atoms with Gasteiger partial charge in [-0.25, -0.2) is 0 Å². The molecule has 0 saturated heterocycles. The first-order valence-electron chi connectivity index (χ1n) is 9.73. The maximum absolute atomic E-state index is 14.3. The normalized spacial score (nSPS) is 12.3. The number of carbonyl (C=O) groups is 1. The number of alkyl halides is 6. The molecule has 0 aliphatic heterocycles. The average Bonchev–Trinajstić information content (AvgIpc) is 2.76. The number of ether oxygens (including phenoxy) is 1. The van der Waals surface area contributed by atoms with E-state index >= 15 is 0 Å². The first kappa shape index (κ1) is 25.5. The van der Waals surface area contributed by atoms with Crippen LogP contribution in [-0.4, -0.2) is 35.6 Å². The van der Waals surface area contributed by atoms with Crippen LogP contribution < -0.4 is 15.8 Å². The lowest BCUT2D eigenvalue weighted by atomic mass is 9.72. The summed E-state index contributed by atoms with van der Waals surface area (Å²) in [5.41, 5.74) is -3.25. The van der Waals surface area contributed by atoms with Crippen LogP contribution in [0.25, 0.3) is 0 Å². The lowest BCUT2D eigenvalue weighted by Gasteiger charge is -2.38. The van der Waals surface area contributed by atoms with E-state index in [1.807, 2.05) is 0 Å². The Kier molecular flexibility index (Phi) is 6.51. The van der Waals surface area contributed by atoms with Crippen LogP contribution in [0.2, 0.25) is 0 Å². The quantitative estimate of drug-likeness (QED) is 0.215. The number of amides is 1. The Hall–Kier alpha value is -4.09. The molecule has 0 radical (unpaired) electrons. The van der Waals surface area contributed by atoms with Crippen LogP contribution in [0.3, 0.4) is 0 Å². The third kappa shape index (κ3) is 4.51. The van der Waals surface area contributed by atoms with Crippen molar-refractivity contribution in [3.8, 4) is 17.2 Å². The number of nitrogen functional groups attached to an aromatic ring is 1. The number of methoxy groups -OCH3 is 1. The molecule has 1 amide bonds. The molecule has 3 aromatic carbocycles. The van der Waals surface area contributed by atoms with E-state index in [1.54, 1.807) is 0 Å². The summed E-state index contributed by atoms with van der Waals surface area (Å²) >= 11 is 0. The molecule has 0 heterocycles. The zero-order chi connectivity index (χ0) is 26.2. The van der Waals surface area contributed by atoms with E-state index in [0.29, 0.717) is 42.1 Å². The van der Waals surface area contributed by atoms with Gasteiger partial charge in [0.1, 0.15) is 17.2 Å². The monoisotopic (exact) mass is 500 g/mol. The molecule has 12 heteroatoms. The van der Waals surface area contributed by atoms with Crippen molar-refractivity contribution < 1.29 is 46.1 Å². The van der Waals surface area contributed by atoms with Crippen molar-refractivity contribution in [3.05, 3.63) is 77.4 Å². The van der Waals surface area contributed by atoms with Gasteiger partial charge < -0.3 is 26.0 Å². The minimum absolute atomic E-state index is 0.000169. The Bertz CT molecular complexity index is 1230. The maximum atomic E-state index is 14.3. The molecule has 0 spiro atoms. The molecule has 3 aromatic rings. The summed E-state index contributed by atoms with van der Waals surface area (Å²) in [4.78, 5) is 12.5. The number of benzene rings is 3. The van der Waals surface area contributed by atoms with Crippen LogP contribution in [0, 0.1) is 0 Å². The highest BCUT2D eigenvalue weighted by atomic mass is 19.4. The van der Waals surface area contributed by atoms with Gasteiger partial charge in [0.2, 0.25) is 5.41 Å². The summed E-state index contributed by atoms with van der Waals surface area (Å²) in [6, 6.07) is 8.33. The predicted octanol–water partition coefficient (Wildman–Crippen LogP) is 5.35. The zero-order valence-electron chi connectivity index (χ0n) is 17.8. The van der Waals surface area contributed by atoms with Crippen LogP contribution in [0.15, 0.2) is 60.7 Å². The van der Waals surface area contributed by atoms with E-state index in [1.165, 1.54) is 31.4 Å². The molecule has 0 atom stereocenters. The molecular formula is C23H18F6N2O4. The first-order valence-corrected chi connectivity index (χ1v) is 9.73. The van der Waals surface area contributed by atoms with E-state index in [-0.39, 0.29) is 5.56 Å². The number of nitrogens with two attached hydrogens (primary N) is 1. The van der Waals surface area contributed by atoms with Gasteiger partial charge >= 0.3 is 12.4 Å². The SMILES string of the molecule is COc1ccc(C(=O)Nc2cc(C(c3ccc(O)c(N)c3)(C(F)(F)F)C(F)(F)F)ccc2O)cc1. The van der Waals surface area contributed by atoms with E-state index in [2.05, 4.69) is 5.32 Å². The number of nitrogens with one attached hydrogen (secondary N) is 1. The van der Waals surface area contributed by atoms with Gasteiger partial charge in [0.25, 0.3) is 5.91 Å². The topological polar surface area (TPSA) is 105 Å². The molecule has 0 aliphatic rings. The molecule has 6 nitrogen and oxygen atoms in total. The van der Waals surface area contributed by atoms with Gasteiger partial charge in [0, 0.05) is 5.56 Å². The molecule has 0 aromatic heterocycles. The van der Waals surface area contributed by atoms with Crippen LogP contribution in [0.5, 0.6) is 17.2 Å². The highest BCUT2D eigenvalue weighted by Crippen LogP contribution is 2.57. The number of halogens is 6. The Morgan fingerprint density at radius 3 is 1.83 bits per heavy atom. The lowest BCUT2D eigenvalue weighted by Crippen LogP contribution is -2.54. The molecule has 35 heavy (non-hydrogen) atoms. The van der Waals surface area contributed by atoms with Gasteiger partial charge in [0.05, 0.1) is 18.5 Å². The lowest BCUT2D eigenvalue weighted by molar-refractivity contribution is -0.288. The standard InChI is InChI=1S/C23H18F6N2O4/c1-35-15-6-2-12(3-7-15)20(34)31-17-11-14(5-9-19(17)33)21(22(24,25)26,23(27,28)29)13-4-8-18(32)16(30)10-13/h2-11,32-33H,30H2,1H3,(H,31,34). The van der Waals surface area contributed by atoms with Crippen LogP contribution in [0.4, 0.5) is 37.7 Å². The van der Waals surface area contributed by atoms with Gasteiger partial charge in [-0.05, 0) is 59.7 Å². The summed E-state index contributed by atoms with van der Waals surface area (Å²) < 4.78 is 90.9. The van der Waals surface area contributed by atoms with E-state index in [9.17, 15) is 41.4 Å². The van der Waals surface area contributed by atoms with Crippen molar-refractivity contribution >= 4 is 17.3 Å². The molecular weight excluding hydrogens is 482 g/mol. The number of carbonyl (C=O) groups excluding carboxylic acids is 1. The summed E-state index contributed by atoms with van der Waals surface area (Å²) in [6.45, 7) is 0. The van der Waals surface area contributed by atoms with Crippen LogP contribution in [0.1, 0.15) is 21.5 Å². The number of hydrogen-bond donors (Lipinski definition) is 4. The first-order chi connectivity index (χ1) is 16.2. The van der Waals surface area contributed by atoms with Gasteiger partial charge in [-0.3, -0.25) is 4.79 Å². The van der Waals surface area contributed by atoms with E-state index in [0.717, 1.165) is 0 Å². The van der Waals surface area contributed by atoms with Gasteiger partial charge in [0.15, 0.2) is 0 Å². The van der Waals surface area contributed by atoms with Crippen molar-refractivity contribution in [3.63, 3.8) is 0 Å². The summed E-state index contributed by atoms with van der Waals surface area (Å²) in [6.07, 6.45) is -11.9. The predicted molar refractivity (Wildman–Crippen MR) is 114 cm³/mol. The van der Waals surface area contributed by atoms with Crippen LogP contribution in [-0.2, 0) is 5.41 Å². The summed E-state index contributed by atoms with van der Waals surface area (Å²) in [5, 5.41) is 21.7. The largest absolute Gasteiger partial charge is 0.506 e. The number of phenols is 2. The number of aromatic hydroxyl groups is 2. The summed E-state index contributed by atoms with van der Waals surface area (Å²) in [5.74, 6) is -1.97. The second-order valence-corrected chi connectivity index (χ2v) is 7.43. The molecule has 0 saturated carbocycles. The Balaban J connectivity index is 2.18. The molecule has 0 bridgehead atoms. The fraction of sp³-hybridized carbons (Fsp3) is 0.174. The Morgan fingerprint density at radius 1 is 0.829 bits per heavy atom. The minimum Gasteiger partial charge on any atom is -0.506 e. The maximum Gasteiger partial charge on any atom is 0.411 e. The van der Waals surface area contributed by atoms with Crippen molar-refractivity contribution in [2.45, 2.75) is 17.8 Å². The fourth-order valence-corrected chi connectivity index (χ4v) is 3.58. The number of anilines is 2. The second kappa shape index (κ2) is 8.93. The fourth-order valence-electron chi connectivity index (χ4n) is 3.58. The van der Waals surface area contributed by atoms with E-state index < -0.39 is 57.7 Å². The molecule has 3 rings (SSSR count). The van der Waals surface area contributed by atoms with Gasteiger partial charge in [-0.2, -0.15) is 26.3 Å². The molecule has 186 valence electrons. The van der Waals surface area contributed by atoms with Crippen molar-refractivity contribution in [1.82, 2.24) is 0 Å². The van der Waals surface area contributed by atoms with Gasteiger partial charge in [-0.1, -0.05) is 12.1 Å². The van der Waals surface area contributed by atoms with E-state index in [4.69, 9.17) is 10.5 Å². The van der Waals surface area contributed by atoms with Gasteiger partial charge in [-0.15, -0.1) is 0 Å². The third-order valence-electron chi connectivity index (χ3n) is 5.34. The molecule has 0 unspecified atom stereocenters. The molecule has 5 N–H and O–H groups in total. The zero-order valence-corrected chi connectivity index (χ0v) is 17.8. The molecule has 0 fully saturated rings. The highest BCUT2D eigenvalue weighted by molar-refractivity contribution is 6.05. The second-order valence-electron chi connectivity index (χ2n) is 7.43. The van der Waals surface area contributed by atoms with Crippen molar-refractivity contribution in [2.24, 2.45) is 0 Å². The van der Waals surface area contributed by atoms with Crippen molar-refractivity contribution in [2.75, 3.05) is 18.2 Å². The number of phenolic OH excluding ortho intramolecular Hbond substituents is 2. The summed E-state index contributed by atoms with van der Waals surface area (Å²) in [7, 11) is 1.38. The minimum atomic E-state index is -5.94. The Labute approximate surface area is 194 Å². The molecule has 0 aliphatic carbocycles. The highest BCUT2D eigenvalue weighted by Gasteiger charge is 2.72. The smallest absolute Gasteiger partial charge is 0.411 e. The third-order valence-corrected chi connectivity index (χ3v) is 5.34. The Morgan fingerprint density at radius 2 is 1.34 bits per heavy atom. The number of hydrogen-bond acceptors (Lipinski definition) is 5.